The van der Waals surface area contributed by atoms with Crippen molar-refractivity contribution in [3.63, 3.8) is 0 Å². The summed E-state index contributed by atoms with van der Waals surface area (Å²) in [6.45, 7) is 1.55. The van der Waals surface area contributed by atoms with Crippen LogP contribution in [-0.2, 0) is 36.6 Å². The van der Waals surface area contributed by atoms with Gasteiger partial charge in [-0.05, 0) is 31.0 Å². The van der Waals surface area contributed by atoms with Gasteiger partial charge in [0.05, 0.1) is 5.25 Å². The summed E-state index contributed by atoms with van der Waals surface area (Å²) in [5.74, 6) is 0.318. The molecule has 12 heteroatoms. The topological polar surface area (TPSA) is 142 Å². The van der Waals surface area contributed by atoms with Crippen LogP contribution < -0.4 is 16.4 Å². The molecule has 0 fully saturated rings. The lowest BCUT2D eigenvalue weighted by molar-refractivity contribution is 0.277. The van der Waals surface area contributed by atoms with Gasteiger partial charge in [0.1, 0.15) is 5.82 Å². The van der Waals surface area contributed by atoms with Crippen molar-refractivity contribution in [3.8, 4) is 0 Å². The Hall–Kier alpha value is -2.47. The van der Waals surface area contributed by atoms with E-state index in [4.69, 9.17) is 21.8 Å². The second kappa shape index (κ2) is 8.95. The van der Waals surface area contributed by atoms with Crippen LogP contribution in [0.15, 0.2) is 33.9 Å². The van der Waals surface area contributed by atoms with Gasteiger partial charge in [0.2, 0.25) is 10.0 Å². The predicted molar refractivity (Wildman–Crippen MR) is 118 cm³/mol. The number of rotatable bonds is 8. The molecule has 3 rings (SSSR count). The number of primary sulfonamides is 1. The van der Waals surface area contributed by atoms with Crippen LogP contribution in [0.2, 0.25) is 5.02 Å². The molecular weight excluding hydrogens is 446 g/mol. The van der Waals surface area contributed by atoms with Crippen LogP contribution >= 0.6 is 11.6 Å². The van der Waals surface area contributed by atoms with Crippen LogP contribution in [-0.4, -0.2) is 44.1 Å². The average Bonchev–Trinajstić information content (AvgIpc) is 3.05. The molecule has 0 saturated carbocycles. The Morgan fingerprint density at radius 1 is 1.19 bits per heavy atom. The highest BCUT2D eigenvalue weighted by atomic mass is 35.5. The first-order valence-corrected chi connectivity index (χ1v) is 11.6. The van der Waals surface area contributed by atoms with E-state index in [-0.39, 0.29) is 43.7 Å². The monoisotopic (exact) mass is 469 g/mol. The zero-order chi connectivity index (χ0) is 22.9. The lowest BCUT2D eigenvalue weighted by Gasteiger charge is -2.13. The largest absolute Gasteiger partial charge is 0.396 e. The summed E-state index contributed by atoms with van der Waals surface area (Å²) in [4.78, 5) is 30.3. The van der Waals surface area contributed by atoms with E-state index in [0.29, 0.717) is 10.8 Å². The number of imidazole rings is 1. The average molecular weight is 470 g/mol. The summed E-state index contributed by atoms with van der Waals surface area (Å²) >= 11 is 5.96. The van der Waals surface area contributed by atoms with Crippen LogP contribution in [0.25, 0.3) is 11.2 Å². The second-order valence-electron chi connectivity index (χ2n) is 7.39. The fourth-order valence-corrected chi connectivity index (χ4v) is 3.82. The van der Waals surface area contributed by atoms with Crippen LogP contribution in [0, 0.1) is 0 Å². The van der Waals surface area contributed by atoms with Gasteiger partial charge in [-0.25, -0.2) is 23.3 Å². The van der Waals surface area contributed by atoms with E-state index in [1.54, 1.807) is 28.8 Å². The molecule has 31 heavy (non-hydrogen) atoms. The molecule has 0 saturated heterocycles. The van der Waals surface area contributed by atoms with Gasteiger partial charge in [0, 0.05) is 38.2 Å². The van der Waals surface area contributed by atoms with Crippen molar-refractivity contribution in [2.45, 2.75) is 38.1 Å². The van der Waals surface area contributed by atoms with Crippen molar-refractivity contribution in [1.82, 2.24) is 18.7 Å². The van der Waals surface area contributed by atoms with E-state index < -0.39 is 26.5 Å². The van der Waals surface area contributed by atoms with Gasteiger partial charge in [-0.2, -0.15) is 0 Å². The lowest BCUT2D eigenvalue weighted by Crippen LogP contribution is -2.40. The van der Waals surface area contributed by atoms with Crippen LogP contribution in [0.5, 0.6) is 0 Å². The van der Waals surface area contributed by atoms with Crippen molar-refractivity contribution in [2.75, 3.05) is 6.61 Å². The predicted octanol–water partition coefficient (Wildman–Crippen LogP) is 0.200. The molecule has 0 spiro atoms. The first-order chi connectivity index (χ1) is 14.5. The molecule has 0 aliphatic heterocycles. The van der Waals surface area contributed by atoms with E-state index in [2.05, 4.69) is 4.98 Å². The number of aromatic nitrogens is 4. The minimum atomic E-state index is -3.83. The number of aliphatic hydroxyl groups excluding tert-OH is 1. The first kappa shape index (κ1) is 23.2. The Labute approximate surface area is 183 Å². The number of fused-ring (bicyclic) bond motifs is 1. The normalized spacial score (nSPS) is 13.1. The molecule has 1 atom stereocenters. The molecular formula is C19H24ClN5O5S. The molecule has 1 aromatic carbocycles. The van der Waals surface area contributed by atoms with Gasteiger partial charge in [-0.15, -0.1) is 0 Å². The summed E-state index contributed by atoms with van der Waals surface area (Å²) in [7, 11) is -2.34. The number of aliphatic hydroxyl groups is 1. The molecule has 1 unspecified atom stereocenters. The standard InChI is InChI=1S/C19H24ClN5O5S/c1-12(31(21,29)30)10-15-22-17-16(25(15)11-13-4-6-14(20)7-5-13)18(27)24(8-3-9-26)19(28)23(17)2/h4-7,12,26H,3,8-11H2,1-2H3,(H2,21,29,30). The van der Waals surface area contributed by atoms with Crippen LogP contribution in [0.1, 0.15) is 24.7 Å². The quantitative estimate of drug-likeness (QED) is 0.482. The van der Waals surface area contributed by atoms with E-state index >= 15 is 0 Å². The lowest BCUT2D eigenvalue weighted by atomic mass is 10.2. The molecule has 168 valence electrons. The van der Waals surface area contributed by atoms with Crippen molar-refractivity contribution in [2.24, 2.45) is 12.2 Å². The van der Waals surface area contributed by atoms with Crippen LogP contribution in [0.4, 0.5) is 0 Å². The Morgan fingerprint density at radius 2 is 1.84 bits per heavy atom. The molecule has 0 bridgehead atoms. The van der Waals surface area contributed by atoms with E-state index in [0.717, 1.165) is 10.1 Å². The maximum Gasteiger partial charge on any atom is 0.332 e. The Morgan fingerprint density at radius 3 is 2.42 bits per heavy atom. The Balaban J connectivity index is 2.27. The molecule has 3 N–H and O–H groups in total. The molecule has 10 nitrogen and oxygen atoms in total. The molecule has 0 aliphatic carbocycles. The van der Waals surface area contributed by atoms with Gasteiger partial charge >= 0.3 is 5.69 Å². The number of benzene rings is 1. The number of hydrogen-bond donors (Lipinski definition) is 2. The molecule has 0 amide bonds. The third-order valence-corrected chi connectivity index (χ3v) is 6.68. The minimum Gasteiger partial charge on any atom is -0.396 e. The number of nitrogens with two attached hydrogens (primary N) is 1. The van der Waals surface area contributed by atoms with Gasteiger partial charge in [0.25, 0.3) is 5.56 Å². The van der Waals surface area contributed by atoms with Crippen LogP contribution in [0.3, 0.4) is 0 Å². The zero-order valence-corrected chi connectivity index (χ0v) is 18.7. The SMILES string of the molecule is CC(Cc1nc2c(c(=O)n(CCCO)c(=O)n2C)n1Cc1ccc(Cl)cc1)S(N)(=O)=O. The molecule has 2 aromatic heterocycles. The number of sulfonamides is 1. The number of halogens is 1. The zero-order valence-electron chi connectivity index (χ0n) is 17.2. The Kier molecular flexibility index (Phi) is 6.70. The molecule has 3 aromatic rings. The second-order valence-corrected chi connectivity index (χ2v) is 9.81. The molecule has 0 aliphatic rings. The minimum absolute atomic E-state index is 0.0363. The number of hydrogen-bond acceptors (Lipinski definition) is 6. The fraction of sp³-hybridized carbons (Fsp3) is 0.421. The molecule has 0 radical (unpaired) electrons. The summed E-state index contributed by atoms with van der Waals surface area (Å²) in [5, 5.41) is 14.0. The van der Waals surface area contributed by atoms with Crippen molar-refractivity contribution < 1.29 is 13.5 Å². The highest BCUT2D eigenvalue weighted by molar-refractivity contribution is 7.89. The maximum absolute atomic E-state index is 13.2. The fourth-order valence-electron chi connectivity index (χ4n) is 3.31. The van der Waals surface area contributed by atoms with Crippen molar-refractivity contribution in [3.05, 3.63) is 61.5 Å². The van der Waals surface area contributed by atoms with E-state index in [1.807, 2.05) is 0 Å². The number of nitrogens with zero attached hydrogens (tertiary/aromatic N) is 4. The highest BCUT2D eigenvalue weighted by Crippen LogP contribution is 2.18. The third kappa shape index (κ3) is 4.74. The van der Waals surface area contributed by atoms with Crippen molar-refractivity contribution in [1.29, 1.82) is 0 Å². The van der Waals surface area contributed by atoms with E-state index in [1.165, 1.54) is 18.5 Å². The summed E-state index contributed by atoms with van der Waals surface area (Å²) in [6, 6.07) is 6.98. The highest BCUT2D eigenvalue weighted by Gasteiger charge is 2.24. The van der Waals surface area contributed by atoms with Crippen molar-refractivity contribution >= 4 is 32.8 Å². The summed E-state index contributed by atoms with van der Waals surface area (Å²) in [6.07, 6.45) is 0.201. The van der Waals surface area contributed by atoms with Gasteiger partial charge in [-0.3, -0.25) is 13.9 Å². The Bertz CT molecular complexity index is 1320. The van der Waals surface area contributed by atoms with Gasteiger partial charge in [-0.1, -0.05) is 23.7 Å². The first-order valence-electron chi connectivity index (χ1n) is 9.60. The molecule has 2 heterocycles. The number of aryl methyl sites for hydroxylation is 1. The summed E-state index contributed by atoms with van der Waals surface area (Å²) < 4.78 is 27.5. The smallest absolute Gasteiger partial charge is 0.332 e. The van der Waals surface area contributed by atoms with Gasteiger partial charge < -0.3 is 9.67 Å². The summed E-state index contributed by atoms with van der Waals surface area (Å²) in [5.41, 5.74) is 0.0199. The maximum atomic E-state index is 13.2. The van der Waals surface area contributed by atoms with Gasteiger partial charge in [0.15, 0.2) is 11.2 Å². The van der Waals surface area contributed by atoms with E-state index in [9.17, 15) is 18.0 Å². The third-order valence-electron chi connectivity index (χ3n) is 5.14.